The minimum Gasteiger partial charge on any atom is -0.443 e. The maximum Gasteiger partial charge on any atom is 0.237 e. The van der Waals surface area contributed by atoms with Crippen molar-refractivity contribution in [1.29, 1.82) is 0 Å². The van der Waals surface area contributed by atoms with Crippen LogP contribution in [0.15, 0.2) is 33.4 Å². The Morgan fingerprint density at radius 3 is 2.67 bits per heavy atom. The van der Waals surface area contributed by atoms with Crippen LogP contribution in [0.3, 0.4) is 0 Å². The highest BCUT2D eigenvalue weighted by molar-refractivity contribution is 9.10. The molecule has 0 radical (unpaired) electrons. The summed E-state index contributed by atoms with van der Waals surface area (Å²) in [4.78, 5) is 1.85. The molecule has 0 bridgehead atoms. The molecule has 7 heteroatoms. The minimum absolute atomic E-state index is 0.333. The molecule has 0 aromatic carbocycles. The molecule has 2 rings (SSSR count). The summed E-state index contributed by atoms with van der Waals surface area (Å²) in [6, 6.07) is 0. The molecule has 1 aliphatic rings. The van der Waals surface area contributed by atoms with Crippen LogP contribution in [0.2, 0.25) is 0 Å². The average molecular weight is 377 g/mol. The van der Waals surface area contributed by atoms with Crippen LogP contribution in [0.5, 0.6) is 5.88 Å². The number of hydrogen-bond acceptors (Lipinski definition) is 3. The van der Waals surface area contributed by atoms with Gasteiger partial charge in [0.2, 0.25) is 12.2 Å². The predicted molar refractivity (Wildman–Crippen MR) is 85.5 cm³/mol. The number of allylic oxidation sites excluding steroid dienone is 3. The van der Waals surface area contributed by atoms with Gasteiger partial charge in [-0.2, -0.15) is 5.10 Å². The lowest BCUT2D eigenvalue weighted by Crippen LogP contribution is -2.20. The van der Waals surface area contributed by atoms with Crippen LogP contribution >= 0.6 is 27.5 Å². The van der Waals surface area contributed by atoms with Crippen molar-refractivity contribution in [2.75, 3.05) is 7.05 Å². The van der Waals surface area contributed by atoms with Gasteiger partial charge in [0.05, 0.1) is 16.4 Å². The molecule has 1 unspecified atom stereocenters. The minimum atomic E-state index is -1.42. The Hall–Kier alpha value is -1.27. The smallest absolute Gasteiger partial charge is 0.237 e. The third-order valence-corrected chi connectivity index (χ3v) is 4.21. The Morgan fingerprint density at radius 1 is 1.48 bits per heavy atom. The molecular weight excluding hydrogens is 361 g/mol. The third kappa shape index (κ3) is 2.87. The van der Waals surface area contributed by atoms with Crippen molar-refractivity contribution in [1.82, 2.24) is 14.7 Å². The Bertz CT molecular complexity index is 663. The highest BCUT2D eigenvalue weighted by Crippen LogP contribution is 2.40. The monoisotopic (exact) mass is 375 g/mol. The normalized spacial score (nSPS) is 17.2. The zero-order valence-electron chi connectivity index (χ0n) is 12.2. The molecule has 0 saturated heterocycles. The topological polar surface area (TPSA) is 30.3 Å². The van der Waals surface area contributed by atoms with E-state index in [1.807, 2.05) is 24.9 Å². The molecule has 21 heavy (non-hydrogen) atoms. The standard InChI is InChI=1S/C14H16BrClFN3O/c1-7-6-10(16)8(2)19(4)13(7)12-11(15)14(20(5)18-12)21-9(3)17/h6,9H,2H2,1,3-5H3. The number of aryl methyl sites for hydroxylation is 1. The van der Waals surface area contributed by atoms with Gasteiger partial charge in [0, 0.05) is 21.0 Å². The zero-order chi connectivity index (χ0) is 15.9. The van der Waals surface area contributed by atoms with Gasteiger partial charge >= 0.3 is 0 Å². The molecule has 4 nitrogen and oxygen atoms in total. The summed E-state index contributed by atoms with van der Waals surface area (Å²) >= 11 is 9.57. The van der Waals surface area contributed by atoms with Gasteiger partial charge in [0.15, 0.2) is 0 Å². The van der Waals surface area contributed by atoms with Crippen molar-refractivity contribution in [3.05, 3.63) is 39.1 Å². The van der Waals surface area contributed by atoms with Gasteiger partial charge in [0.25, 0.3) is 0 Å². The van der Waals surface area contributed by atoms with Crippen molar-refractivity contribution in [3.8, 4) is 5.88 Å². The van der Waals surface area contributed by atoms with Gasteiger partial charge in [-0.05, 0) is 34.5 Å². The summed E-state index contributed by atoms with van der Waals surface area (Å²) in [5.74, 6) is 0.333. The van der Waals surface area contributed by atoms with Gasteiger partial charge in [-0.3, -0.25) is 0 Å². The van der Waals surface area contributed by atoms with Gasteiger partial charge in [-0.15, -0.1) is 0 Å². The van der Waals surface area contributed by atoms with Crippen LogP contribution in [-0.2, 0) is 7.05 Å². The predicted octanol–water partition coefficient (Wildman–Crippen LogP) is 4.19. The van der Waals surface area contributed by atoms with E-state index in [1.165, 1.54) is 11.6 Å². The van der Waals surface area contributed by atoms with Crippen molar-refractivity contribution in [2.24, 2.45) is 7.05 Å². The molecule has 2 heterocycles. The molecule has 0 N–H and O–H groups in total. The summed E-state index contributed by atoms with van der Waals surface area (Å²) in [6.07, 6.45) is 0.409. The van der Waals surface area contributed by atoms with Gasteiger partial charge in [0.1, 0.15) is 10.2 Å². The Labute approximate surface area is 136 Å². The molecule has 1 aliphatic heterocycles. The first-order valence-corrected chi connectivity index (χ1v) is 7.45. The average Bonchev–Trinajstić information content (AvgIpc) is 2.64. The number of nitrogens with zero attached hydrogens (tertiary/aromatic N) is 3. The van der Waals surface area contributed by atoms with Crippen LogP contribution in [0.25, 0.3) is 5.70 Å². The fourth-order valence-corrected chi connectivity index (χ4v) is 3.07. The van der Waals surface area contributed by atoms with E-state index in [4.69, 9.17) is 16.3 Å². The van der Waals surface area contributed by atoms with Crippen LogP contribution in [0.4, 0.5) is 4.39 Å². The quantitative estimate of drug-likeness (QED) is 0.792. The van der Waals surface area contributed by atoms with Crippen molar-refractivity contribution < 1.29 is 9.13 Å². The Kier molecular flexibility index (Phi) is 4.49. The molecule has 114 valence electrons. The van der Waals surface area contributed by atoms with E-state index < -0.39 is 6.36 Å². The molecule has 0 spiro atoms. The molecule has 1 aromatic rings. The summed E-state index contributed by atoms with van der Waals surface area (Å²) in [7, 11) is 3.55. The summed E-state index contributed by atoms with van der Waals surface area (Å²) in [6.45, 7) is 7.19. The zero-order valence-corrected chi connectivity index (χ0v) is 14.6. The molecule has 1 aromatic heterocycles. The first-order valence-electron chi connectivity index (χ1n) is 6.28. The highest BCUT2D eigenvalue weighted by Gasteiger charge is 2.27. The SMILES string of the molecule is C=C1C(Cl)=CC(C)=C(c2nn(C)c(OC(C)F)c2Br)N1C. The van der Waals surface area contributed by atoms with E-state index in [2.05, 4.69) is 27.6 Å². The first-order chi connectivity index (χ1) is 9.73. The number of hydrogen-bond donors (Lipinski definition) is 0. The number of rotatable bonds is 3. The fourth-order valence-electron chi connectivity index (χ4n) is 2.16. The highest BCUT2D eigenvalue weighted by atomic mass is 79.9. The molecule has 0 aliphatic carbocycles. The maximum atomic E-state index is 13.1. The second kappa shape index (κ2) is 5.85. The van der Waals surface area contributed by atoms with Crippen molar-refractivity contribution >= 4 is 33.2 Å². The van der Waals surface area contributed by atoms with Gasteiger partial charge < -0.3 is 9.64 Å². The largest absolute Gasteiger partial charge is 0.443 e. The number of halogens is 3. The maximum absolute atomic E-state index is 13.1. The van der Waals surface area contributed by atoms with E-state index in [0.29, 0.717) is 26.8 Å². The summed E-state index contributed by atoms with van der Waals surface area (Å²) < 4.78 is 20.4. The number of alkyl halides is 1. The van der Waals surface area contributed by atoms with E-state index in [-0.39, 0.29) is 0 Å². The fraction of sp³-hybridized carbons (Fsp3) is 0.357. The van der Waals surface area contributed by atoms with E-state index in [0.717, 1.165) is 11.3 Å². The third-order valence-electron chi connectivity index (χ3n) is 3.17. The Balaban J connectivity index is 2.57. The van der Waals surface area contributed by atoms with Crippen LogP contribution in [0, 0.1) is 0 Å². The molecule has 0 amide bonds. The lowest BCUT2D eigenvalue weighted by atomic mass is 10.1. The number of ether oxygens (including phenoxy) is 1. The van der Waals surface area contributed by atoms with Crippen LogP contribution < -0.4 is 4.74 Å². The number of likely N-dealkylation sites (N-methyl/N-ethyl adjacent to an activating group) is 1. The van der Waals surface area contributed by atoms with Gasteiger partial charge in [-0.1, -0.05) is 18.2 Å². The second-order valence-corrected chi connectivity index (χ2v) is 5.98. The summed E-state index contributed by atoms with van der Waals surface area (Å²) in [5, 5.41) is 5.00. The van der Waals surface area contributed by atoms with Crippen LogP contribution in [-0.4, -0.2) is 28.1 Å². The molecule has 1 atom stereocenters. The number of aromatic nitrogens is 2. The van der Waals surface area contributed by atoms with E-state index >= 15 is 0 Å². The molecule has 0 saturated carbocycles. The lowest BCUT2D eigenvalue weighted by molar-refractivity contribution is 0.0754. The summed E-state index contributed by atoms with van der Waals surface area (Å²) in [5.41, 5.74) is 3.10. The molecular formula is C14H16BrClFN3O. The van der Waals surface area contributed by atoms with Crippen LogP contribution in [0.1, 0.15) is 19.5 Å². The molecule has 0 fully saturated rings. The second-order valence-electron chi connectivity index (χ2n) is 4.78. The van der Waals surface area contributed by atoms with E-state index in [9.17, 15) is 4.39 Å². The Morgan fingerprint density at radius 2 is 2.10 bits per heavy atom. The van der Waals surface area contributed by atoms with Gasteiger partial charge in [-0.25, -0.2) is 9.07 Å². The first kappa shape index (κ1) is 16.1. The lowest BCUT2D eigenvalue weighted by Gasteiger charge is -2.28. The van der Waals surface area contributed by atoms with Crippen molar-refractivity contribution in [2.45, 2.75) is 20.2 Å². The van der Waals surface area contributed by atoms with Crippen molar-refractivity contribution in [3.63, 3.8) is 0 Å². The van der Waals surface area contributed by atoms with E-state index in [1.54, 1.807) is 7.05 Å².